The average molecular weight is 580 g/mol. The van der Waals surface area contributed by atoms with Crippen LogP contribution in [0.15, 0.2) is 144 Å². The van der Waals surface area contributed by atoms with Crippen molar-refractivity contribution in [2.24, 2.45) is 0 Å². The highest BCUT2D eigenvalue weighted by molar-refractivity contribution is 6.06. The first-order valence-electron chi connectivity index (χ1n) is 15.1. The van der Waals surface area contributed by atoms with Crippen LogP contribution in [0.2, 0.25) is 0 Å². The molecular formula is C41H29N3O. The van der Waals surface area contributed by atoms with Crippen molar-refractivity contribution in [3.05, 3.63) is 151 Å². The number of rotatable bonds is 5. The van der Waals surface area contributed by atoms with Crippen LogP contribution in [0.1, 0.15) is 11.1 Å². The Kier molecular flexibility index (Phi) is 6.54. The largest absolute Gasteiger partial charge is 0.456 e. The molecule has 0 spiro atoms. The lowest BCUT2D eigenvalue weighted by atomic mass is 9.97. The minimum Gasteiger partial charge on any atom is -0.456 e. The SMILES string of the molecule is Cc1ccc(-c2nc(-c3ccc(C)cc3)nc(-c3cccc(-c4cccc(-c5ccc6oc7ccccc7c6c5)c4)c3)n2)cc1. The van der Waals surface area contributed by atoms with Gasteiger partial charge in [0.25, 0.3) is 0 Å². The molecule has 0 saturated heterocycles. The predicted molar refractivity (Wildman–Crippen MR) is 184 cm³/mol. The molecule has 2 aromatic heterocycles. The summed E-state index contributed by atoms with van der Waals surface area (Å²) in [4.78, 5) is 14.8. The standard InChI is InChI=1S/C41H29N3O/c1-26-13-17-28(18-14-26)39-42-40(29-19-15-27(2)16-20-29)44-41(43-39)34-10-6-9-32(24-34)30-7-5-8-31(23-30)33-21-22-38-36(25-33)35-11-3-4-12-37(35)45-38/h3-25H,1-2H3. The highest BCUT2D eigenvalue weighted by atomic mass is 16.3. The predicted octanol–water partition coefficient (Wildman–Crippen LogP) is 10.7. The normalized spacial score (nSPS) is 11.3. The van der Waals surface area contributed by atoms with Crippen molar-refractivity contribution in [1.29, 1.82) is 0 Å². The van der Waals surface area contributed by atoms with Gasteiger partial charge in [0.15, 0.2) is 17.5 Å². The van der Waals surface area contributed by atoms with E-state index in [9.17, 15) is 0 Å². The van der Waals surface area contributed by atoms with E-state index in [1.807, 2.05) is 12.1 Å². The maximum absolute atomic E-state index is 6.06. The fraction of sp³-hybridized carbons (Fsp3) is 0.0488. The van der Waals surface area contributed by atoms with E-state index in [1.54, 1.807) is 0 Å². The van der Waals surface area contributed by atoms with E-state index in [4.69, 9.17) is 19.4 Å². The van der Waals surface area contributed by atoms with Crippen LogP contribution >= 0.6 is 0 Å². The molecule has 8 rings (SSSR count). The topological polar surface area (TPSA) is 51.8 Å². The van der Waals surface area contributed by atoms with Crippen molar-refractivity contribution in [3.63, 3.8) is 0 Å². The summed E-state index contributed by atoms with van der Waals surface area (Å²) in [6.45, 7) is 4.16. The van der Waals surface area contributed by atoms with Gasteiger partial charge in [0.05, 0.1) is 0 Å². The van der Waals surface area contributed by atoms with Gasteiger partial charge in [-0.2, -0.15) is 0 Å². The molecule has 0 saturated carbocycles. The van der Waals surface area contributed by atoms with Crippen molar-refractivity contribution in [3.8, 4) is 56.4 Å². The van der Waals surface area contributed by atoms with Gasteiger partial charge in [-0.3, -0.25) is 0 Å². The zero-order valence-electron chi connectivity index (χ0n) is 25.0. The summed E-state index contributed by atoms with van der Waals surface area (Å²) in [7, 11) is 0. The molecule has 0 aliphatic heterocycles. The Balaban J connectivity index is 1.20. The number of fused-ring (bicyclic) bond motifs is 3. The van der Waals surface area contributed by atoms with Gasteiger partial charge >= 0.3 is 0 Å². The van der Waals surface area contributed by atoms with Crippen molar-refractivity contribution in [2.75, 3.05) is 0 Å². The third kappa shape index (κ3) is 5.17. The molecule has 0 bridgehead atoms. The van der Waals surface area contributed by atoms with E-state index >= 15 is 0 Å². The number of hydrogen-bond donors (Lipinski definition) is 0. The number of aryl methyl sites for hydroxylation is 2. The van der Waals surface area contributed by atoms with Crippen LogP contribution in [0.4, 0.5) is 0 Å². The lowest BCUT2D eigenvalue weighted by Crippen LogP contribution is -2.00. The van der Waals surface area contributed by atoms with Crippen LogP contribution in [0, 0.1) is 13.8 Å². The van der Waals surface area contributed by atoms with E-state index in [0.29, 0.717) is 17.5 Å². The summed E-state index contributed by atoms with van der Waals surface area (Å²) in [6.07, 6.45) is 0. The van der Waals surface area contributed by atoms with Crippen LogP contribution < -0.4 is 0 Å². The van der Waals surface area contributed by atoms with Gasteiger partial charge in [-0.15, -0.1) is 0 Å². The zero-order chi connectivity index (χ0) is 30.3. The van der Waals surface area contributed by atoms with Crippen LogP contribution in [0.5, 0.6) is 0 Å². The second-order valence-electron chi connectivity index (χ2n) is 11.5. The molecule has 45 heavy (non-hydrogen) atoms. The van der Waals surface area contributed by atoms with Crippen LogP contribution in [-0.4, -0.2) is 15.0 Å². The Morgan fingerprint density at radius 3 is 1.40 bits per heavy atom. The summed E-state index contributed by atoms with van der Waals surface area (Å²) >= 11 is 0. The number of benzene rings is 6. The summed E-state index contributed by atoms with van der Waals surface area (Å²) < 4.78 is 6.06. The first-order chi connectivity index (χ1) is 22.1. The maximum Gasteiger partial charge on any atom is 0.164 e. The second kappa shape index (κ2) is 11.0. The molecule has 6 aromatic carbocycles. The highest BCUT2D eigenvalue weighted by Gasteiger charge is 2.14. The van der Waals surface area contributed by atoms with Crippen molar-refractivity contribution >= 4 is 21.9 Å². The zero-order valence-corrected chi connectivity index (χ0v) is 25.0. The minimum atomic E-state index is 0.645. The molecule has 0 atom stereocenters. The smallest absolute Gasteiger partial charge is 0.164 e. The van der Waals surface area contributed by atoms with E-state index in [-0.39, 0.29) is 0 Å². The van der Waals surface area contributed by atoms with Crippen LogP contribution in [0.3, 0.4) is 0 Å². The Hall–Kier alpha value is -5.87. The molecule has 0 N–H and O–H groups in total. The lowest BCUT2D eigenvalue weighted by Gasteiger charge is -2.11. The van der Waals surface area contributed by atoms with Crippen molar-refractivity contribution < 1.29 is 4.42 Å². The molecule has 0 aliphatic rings. The van der Waals surface area contributed by atoms with Crippen LogP contribution in [0.25, 0.3) is 78.4 Å². The summed E-state index contributed by atoms with van der Waals surface area (Å²) in [5.41, 5.74) is 11.6. The van der Waals surface area contributed by atoms with Gasteiger partial charge in [-0.1, -0.05) is 120 Å². The Bertz CT molecular complexity index is 2270. The van der Waals surface area contributed by atoms with Gasteiger partial charge in [0.2, 0.25) is 0 Å². The second-order valence-corrected chi connectivity index (χ2v) is 11.5. The quantitative estimate of drug-likeness (QED) is 0.203. The third-order valence-electron chi connectivity index (χ3n) is 8.28. The monoisotopic (exact) mass is 579 g/mol. The van der Waals surface area contributed by atoms with E-state index in [1.165, 1.54) is 11.1 Å². The number of furan rings is 1. The van der Waals surface area contributed by atoms with Crippen molar-refractivity contribution in [2.45, 2.75) is 13.8 Å². The molecule has 4 heteroatoms. The first-order valence-corrected chi connectivity index (χ1v) is 15.1. The molecular weight excluding hydrogens is 550 g/mol. The number of nitrogens with zero attached hydrogens (tertiary/aromatic N) is 3. The molecule has 214 valence electrons. The van der Waals surface area contributed by atoms with Gasteiger partial charge in [0, 0.05) is 27.5 Å². The summed E-state index contributed by atoms with van der Waals surface area (Å²) in [5.74, 6) is 1.96. The highest BCUT2D eigenvalue weighted by Crippen LogP contribution is 2.34. The number of para-hydroxylation sites is 1. The Morgan fingerprint density at radius 2 is 0.800 bits per heavy atom. The fourth-order valence-corrected chi connectivity index (χ4v) is 5.79. The Morgan fingerprint density at radius 1 is 0.356 bits per heavy atom. The average Bonchev–Trinajstić information content (AvgIpc) is 3.47. The van der Waals surface area contributed by atoms with Gasteiger partial charge in [0.1, 0.15) is 11.2 Å². The van der Waals surface area contributed by atoms with Crippen molar-refractivity contribution in [1.82, 2.24) is 15.0 Å². The first kappa shape index (κ1) is 26.7. The minimum absolute atomic E-state index is 0.645. The lowest BCUT2D eigenvalue weighted by molar-refractivity contribution is 0.669. The van der Waals surface area contributed by atoms with E-state index in [2.05, 4.69) is 141 Å². The van der Waals surface area contributed by atoms with E-state index in [0.717, 1.165) is 60.9 Å². The van der Waals surface area contributed by atoms with E-state index < -0.39 is 0 Å². The molecule has 2 heterocycles. The molecule has 0 unspecified atom stereocenters. The molecule has 8 aromatic rings. The number of aromatic nitrogens is 3. The summed E-state index contributed by atoms with van der Waals surface area (Å²) in [5, 5.41) is 2.25. The maximum atomic E-state index is 6.06. The van der Waals surface area contributed by atoms with Gasteiger partial charge in [-0.05, 0) is 66.4 Å². The summed E-state index contributed by atoms with van der Waals surface area (Å²) in [6, 6.07) is 48.3. The Labute approximate surface area is 261 Å². The number of hydrogen-bond acceptors (Lipinski definition) is 4. The molecule has 0 aliphatic carbocycles. The molecule has 4 nitrogen and oxygen atoms in total. The molecule has 0 amide bonds. The van der Waals surface area contributed by atoms with Gasteiger partial charge < -0.3 is 4.42 Å². The molecule has 0 fully saturated rings. The third-order valence-corrected chi connectivity index (χ3v) is 8.28. The van der Waals surface area contributed by atoms with Gasteiger partial charge in [-0.25, -0.2) is 15.0 Å². The molecule has 0 radical (unpaired) electrons. The van der Waals surface area contributed by atoms with Crippen LogP contribution in [-0.2, 0) is 0 Å². The fourth-order valence-electron chi connectivity index (χ4n) is 5.79.